The molecule has 8 atom stereocenters. The monoisotopic (exact) mass is 558 g/mol. The quantitative estimate of drug-likeness (QED) is 0.117. The van der Waals surface area contributed by atoms with Gasteiger partial charge >= 0.3 is 5.69 Å². The smallest absolute Gasteiger partial charge is 0.351 e. The Balaban J connectivity index is 1.11. The average Bonchev–Trinajstić information content (AvgIpc) is 3.58. The van der Waals surface area contributed by atoms with Crippen LogP contribution in [-0.4, -0.2) is 82.3 Å². The van der Waals surface area contributed by atoms with Crippen molar-refractivity contribution in [2.45, 2.75) is 49.6 Å². The first-order chi connectivity index (χ1) is 17.9. The molecule has 204 valence electrons. The fourth-order valence-electron chi connectivity index (χ4n) is 4.72. The number of rotatable bonds is 10. The van der Waals surface area contributed by atoms with Crippen molar-refractivity contribution in [2.75, 3.05) is 32.3 Å². The molecule has 18 heteroatoms. The highest BCUT2D eigenvalue weighted by molar-refractivity contribution is 7.29. The van der Waals surface area contributed by atoms with Gasteiger partial charge in [-0.15, -0.1) is 0 Å². The summed E-state index contributed by atoms with van der Waals surface area (Å²) in [7, 11) is -0.736. The van der Waals surface area contributed by atoms with E-state index >= 15 is 0 Å². The van der Waals surface area contributed by atoms with Gasteiger partial charge in [-0.3, -0.25) is 9.65 Å². The number of ether oxygens (including phenoxy) is 2. The molecule has 4 aliphatic rings. The summed E-state index contributed by atoms with van der Waals surface area (Å²) in [6, 6.07) is 1.17. The van der Waals surface area contributed by atoms with Gasteiger partial charge in [-0.05, 0) is 6.07 Å². The van der Waals surface area contributed by atoms with Crippen LogP contribution >= 0.6 is 18.0 Å². The number of aliphatic imine (C=N–C) groups is 1. The maximum absolute atomic E-state index is 12.2. The van der Waals surface area contributed by atoms with Crippen molar-refractivity contribution in [2.24, 2.45) is 16.5 Å². The summed E-state index contributed by atoms with van der Waals surface area (Å²) in [4.78, 5) is 31.3. The van der Waals surface area contributed by atoms with E-state index in [1.807, 2.05) is 0 Å². The molecule has 16 nitrogen and oxygen atoms in total. The lowest BCUT2D eigenvalue weighted by Crippen LogP contribution is -2.40. The van der Waals surface area contributed by atoms with Crippen molar-refractivity contribution in [1.82, 2.24) is 30.2 Å². The highest BCUT2D eigenvalue weighted by Gasteiger charge is 2.41. The highest BCUT2D eigenvalue weighted by atomic mass is 31.1. The first-order valence-electron chi connectivity index (χ1n) is 11.8. The van der Waals surface area contributed by atoms with Gasteiger partial charge in [-0.25, -0.2) is 9.79 Å². The summed E-state index contributed by atoms with van der Waals surface area (Å²) in [5.41, 5.74) is 18.2. The minimum Gasteiger partial charge on any atom is -0.383 e. The third kappa shape index (κ3) is 5.82. The molecule has 0 aliphatic carbocycles. The Morgan fingerprint density at radius 2 is 2.00 bits per heavy atom. The van der Waals surface area contributed by atoms with Crippen LogP contribution in [0.4, 0.5) is 5.82 Å². The van der Waals surface area contributed by atoms with Crippen LogP contribution < -0.4 is 38.6 Å². The Morgan fingerprint density at radius 1 is 1.19 bits per heavy atom. The lowest BCUT2D eigenvalue weighted by molar-refractivity contribution is -0.0516. The van der Waals surface area contributed by atoms with Crippen molar-refractivity contribution >= 4 is 29.6 Å². The molecule has 0 bridgehead atoms. The van der Waals surface area contributed by atoms with E-state index in [4.69, 9.17) is 40.6 Å². The molecule has 0 amide bonds. The topological polar surface area (TPSA) is 222 Å². The van der Waals surface area contributed by atoms with Gasteiger partial charge in [-0.2, -0.15) is 4.98 Å². The Labute approximate surface area is 216 Å². The Bertz CT molecular complexity index is 1090. The molecule has 4 unspecified atom stereocenters. The van der Waals surface area contributed by atoms with Crippen LogP contribution in [0.15, 0.2) is 33.6 Å². The van der Waals surface area contributed by atoms with Crippen LogP contribution in [0.2, 0.25) is 0 Å². The van der Waals surface area contributed by atoms with E-state index in [2.05, 4.69) is 30.6 Å². The molecule has 0 spiro atoms. The number of amidine groups is 1. The van der Waals surface area contributed by atoms with Crippen molar-refractivity contribution < 1.29 is 23.4 Å². The molecule has 2 saturated heterocycles. The number of nitrogens with one attached hydrogen (secondary N) is 3. The SMILES string of the molecule is NC1=NCNC2=C1NCN2[C@H]1CC(N)[C@@H](COPNC2C[C@H](n3ccc(N)nc3=O)O[C@@H]2COPO)O1. The molecule has 0 saturated carbocycles. The Morgan fingerprint density at radius 3 is 2.81 bits per heavy atom. The number of nitrogens with two attached hydrogens (primary N) is 3. The number of aromatic nitrogens is 2. The molecule has 0 radical (unpaired) electrons. The van der Waals surface area contributed by atoms with Crippen molar-refractivity contribution in [1.29, 1.82) is 0 Å². The number of anilines is 1. The van der Waals surface area contributed by atoms with Gasteiger partial charge in [-0.1, -0.05) is 0 Å². The first kappa shape index (κ1) is 26.5. The zero-order valence-electron chi connectivity index (χ0n) is 19.9. The predicted octanol–water partition coefficient (Wildman–Crippen LogP) is -2.49. The van der Waals surface area contributed by atoms with Gasteiger partial charge in [0.05, 0.1) is 41.0 Å². The second-order valence-corrected chi connectivity index (χ2v) is 10.2. The second-order valence-electron chi connectivity index (χ2n) is 8.91. The summed E-state index contributed by atoms with van der Waals surface area (Å²) in [6.45, 7) is 1.44. The highest BCUT2D eigenvalue weighted by Crippen LogP contribution is 2.32. The maximum Gasteiger partial charge on any atom is 0.351 e. The zero-order chi connectivity index (χ0) is 25.9. The van der Waals surface area contributed by atoms with Gasteiger partial charge in [0, 0.05) is 31.1 Å². The Kier molecular flexibility index (Phi) is 8.39. The molecule has 5 heterocycles. The van der Waals surface area contributed by atoms with Gasteiger partial charge in [0.2, 0.25) is 0 Å². The van der Waals surface area contributed by atoms with E-state index in [9.17, 15) is 4.79 Å². The molecular weight excluding hydrogens is 526 g/mol. The minimum atomic E-state index is -0.665. The van der Waals surface area contributed by atoms with E-state index in [0.717, 1.165) is 11.5 Å². The summed E-state index contributed by atoms with van der Waals surface area (Å²) < 4.78 is 24.7. The largest absolute Gasteiger partial charge is 0.383 e. The molecule has 37 heavy (non-hydrogen) atoms. The number of nitrogens with zero attached hydrogens (tertiary/aromatic N) is 4. The van der Waals surface area contributed by atoms with E-state index < -0.39 is 27.1 Å². The molecule has 5 rings (SSSR count). The molecule has 1 aromatic rings. The fourth-order valence-corrected chi connectivity index (χ4v) is 5.74. The normalized spacial score (nSPS) is 31.9. The van der Waals surface area contributed by atoms with Crippen LogP contribution in [0.1, 0.15) is 19.1 Å². The lowest BCUT2D eigenvalue weighted by Gasteiger charge is -2.28. The predicted molar refractivity (Wildman–Crippen MR) is 137 cm³/mol. The summed E-state index contributed by atoms with van der Waals surface area (Å²) in [5, 5.41) is 9.80. The van der Waals surface area contributed by atoms with Crippen molar-refractivity contribution in [3.05, 3.63) is 34.3 Å². The fraction of sp³-hybridized carbons (Fsp3) is 0.632. The van der Waals surface area contributed by atoms with Crippen molar-refractivity contribution in [3.8, 4) is 0 Å². The minimum absolute atomic E-state index is 0.0717. The standard InChI is InChI=1S/C19H32N10O6P2/c20-9-3-14(29-8-25-16-17(22)23-7-24-18(16)29)34-11(9)5-32-36-27-10-4-15(35-12(10)6-33-37-31)28-2-1-13(21)26-19(28)30/h1-2,9-12,14-15,24-25,27,31,36-37H,3-8,20H2,(H2,22,23)(H2,21,26,30)/t9?,10?,11-,12-,14-,15-/m1/s1. The van der Waals surface area contributed by atoms with Crippen LogP contribution in [0, 0.1) is 0 Å². The van der Waals surface area contributed by atoms with E-state index in [1.54, 1.807) is 6.20 Å². The second kappa shape index (κ2) is 11.7. The number of hydrogen-bond acceptors (Lipinski definition) is 15. The number of hydrogen-bond donors (Lipinski definition) is 7. The average molecular weight is 558 g/mol. The third-order valence-corrected chi connectivity index (χ3v) is 7.70. The van der Waals surface area contributed by atoms with Gasteiger partial charge in [0.25, 0.3) is 0 Å². The summed E-state index contributed by atoms with van der Waals surface area (Å²) in [6.07, 6.45) is 1.23. The molecule has 10 N–H and O–H groups in total. The van der Waals surface area contributed by atoms with Crippen LogP contribution in [-0.2, 0) is 18.5 Å². The third-order valence-electron chi connectivity index (χ3n) is 6.61. The Hall–Kier alpha value is -2.13. The molecule has 2 fully saturated rings. The lowest BCUT2D eigenvalue weighted by atomic mass is 10.1. The van der Waals surface area contributed by atoms with Crippen molar-refractivity contribution in [3.63, 3.8) is 0 Å². The summed E-state index contributed by atoms with van der Waals surface area (Å²) >= 11 is 0. The summed E-state index contributed by atoms with van der Waals surface area (Å²) in [5.74, 6) is 1.49. The van der Waals surface area contributed by atoms with Crippen LogP contribution in [0.3, 0.4) is 0 Å². The van der Waals surface area contributed by atoms with Gasteiger partial charge in [0.1, 0.15) is 42.3 Å². The number of nitrogen functional groups attached to an aromatic ring is 1. The van der Waals surface area contributed by atoms with Gasteiger partial charge < -0.3 is 56.1 Å². The van der Waals surface area contributed by atoms with Gasteiger partial charge in [0.15, 0.2) is 9.03 Å². The van der Waals surface area contributed by atoms with Crippen LogP contribution in [0.5, 0.6) is 0 Å². The first-order valence-corrected chi connectivity index (χ1v) is 13.5. The van der Waals surface area contributed by atoms with E-state index in [0.29, 0.717) is 38.6 Å². The molecule has 0 aromatic carbocycles. The van der Waals surface area contributed by atoms with E-state index in [-0.39, 0.29) is 45.8 Å². The van der Waals surface area contributed by atoms with Crippen LogP contribution in [0.25, 0.3) is 0 Å². The molecular formula is C19H32N10O6P2. The molecule has 1 aromatic heterocycles. The maximum atomic E-state index is 12.2. The zero-order valence-corrected chi connectivity index (χ0v) is 21.9. The molecule has 4 aliphatic heterocycles. The van der Waals surface area contributed by atoms with E-state index in [1.165, 1.54) is 10.6 Å².